The summed E-state index contributed by atoms with van der Waals surface area (Å²) in [6, 6.07) is 25.2. The van der Waals surface area contributed by atoms with E-state index in [2.05, 4.69) is 46.2 Å². The Morgan fingerprint density at radius 2 is 0.794 bits per heavy atom. The monoisotopic (exact) mass is 944 g/mol. The van der Waals surface area contributed by atoms with E-state index in [9.17, 15) is 9.59 Å². The molecule has 15 nitrogen and oxygen atoms in total. The molecule has 0 radical (unpaired) electrons. The number of nitrogens with one attached hydrogen (secondary N) is 4. The number of nitrogen functional groups attached to an aromatic ring is 2. The Hall–Kier alpha value is -7.29. The van der Waals surface area contributed by atoms with E-state index in [1.807, 2.05) is 171 Å². The van der Waals surface area contributed by atoms with Gasteiger partial charge in [0, 0.05) is 43.7 Å². The summed E-state index contributed by atoms with van der Waals surface area (Å²) in [5.74, 6) is 2.61. The van der Waals surface area contributed by atoms with E-state index >= 15 is 0 Å². The number of urea groups is 2. The van der Waals surface area contributed by atoms with Crippen LogP contribution in [0, 0.1) is 0 Å². The molecule has 0 fully saturated rings. The third-order valence-electron chi connectivity index (χ3n) is 6.77. The number of aromatic nitrogens is 5. The summed E-state index contributed by atoms with van der Waals surface area (Å²) < 4.78 is 11.3. The van der Waals surface area contributed by atoms with Crippen molar-refractivity contribution in [1.29, 1.82) is 0 Å². The van der Waals surface area contributed by atoms with Gasteiger partial charge in [0.15, 0.2) is 0 Å². The van der Waals surface area contributed by atoms with Gasteiger partial charge in [-0.25, -0.2) is 34.5 Å². The van der Waals surface area contributed by atoms with Crippen LogP contribution in [-0.4, -0.2) is 51.1 Å². The van der Waals surface area contributed by atoms with E-state index in [0.717, 1.165) is 22.3 Å². The molecule has 6 aromatic rings. The lowest BCUT2D eigenvalue weighted by Crippen LogP contribution is -2.24. The van der Waals surface area contributed by atoms with E-state index < -0.39 is 0 Å². The fourth-order valence-corrected chi connectivity index (χ4v) is 4.29. The first-order valence-electron chi connectivity index (χ1n) is 23.0. The quantitative estimate of drug-likeness (QED) is 0.0843. The van der Waals surface area contributed by atoms with Crippen molar-refractivity contribution in [2.75, 3.05) is 36.2 Å². The van der Waals surface area contributed by atoms with Crippen molar-refractivity contribution < 1.29 is 19.1 Å². The zero-order valence-electron chi connectivity index (χ0n) is 43.0. The Morgan fingerprint density at radius 1 is 0.441 bits per heavy atom. The number of rotatable bonds is 8. The number of nitrogens with zero attached hydrogens (tertiary/aromatic N) is 5. The molecule has 8 N–H and O–H groups in total. The van der Waals surface area contributed by atoms with Gasteiger partial charge in [0.1, 0.15) is 23.1 Å². The van der Waals surface area contributed by atoms with Crippen LogP contribution < -0.4 is 42.2 Å². The molecular weight excluding hydrogens is 855 g/mol. The van der Waals surface area contributed by atoms with Crippen LogP contribution in [0.15, 0.2) is 116 Å². The Labute approximate surface area is 411 Å². The number of amides is 4. The van der Waals surface area contributed by atoms with Crippen molar-refractivity contribution in [3.63, 3.8) is 0 Å². The van der Waals surface area contributed by atoms with Crippen LogP contribution in [0.2, 0.25) is 0 Å². The van der Waals surface area contributed by atoms with Crippen molar-refractivity contribution in [3.05, 3.63) is 116 Å². The normalized spacial score (nSPS) is 8.15. The molecule has 6 rings (SSSR count). The van der Waals surface area contributed by atoms with Gasteiger partial charge < -0.3 is 42.2 Å². The van der Waals surface area contributed by atoms with Crippen LogP contribution in [0.4, 0.5) is 32.6 Å². The average molecular weight is 944 g/mol. The number of carbonyl (C=O) groups is 2. The highest BCUT2D eigenvalue weighted by atomic mass is 16.5. The van der Waals surface area contributed by atoms with Crippen LogP contribution in [0.25, 0.3) is 22.3 Å². The Balaban J connectivity index is -0.000000213. The molecule has 0 aliphatic rings. The summed E-state index contributed by atoms with van der Waals surface area (Å²) >= 11 is 0. The summed E-state index contributed by atoms with van der Waals surface area (Å²) in [6.07, 6.45) is 7.75. The minimum Gasteiger partial charge on any atom is -0.439 e. The van der Waals surface area contributed by atoms with Crippen molar-refractivity contribution >= 4 is 35.1 Å². The molecule has 4 amide bonds. The molecule has 0 unspecified atom stereocenters. The van der Waals surface area contributed by atoms with Crippen molar-refractivity contribution in [2.24, 2.45) is 0 Å². The fourth-order valence-electron chi connectivity index (χ4n) is 4.29. The van der Waals surface area contributed by atoms with Crippen LogP contribution in [0.1, 0.15) is 126 Å². The number of hydrogen-bond donors (Lipinski definition) is 6. The number of anilines is 4. The number of ether oxygens (including phenoxy) is 2. The SMILES string of the molecule is C.C.CC.CC.CC.CC.CC.CC.CC.CC.CNC(=O)Nc1ccc(Oc2ccc(-c3cccnc3N)cc2)nc1.CNC(=O)Nc1cnc(Oc2ccc(-c3cccnc3N)cc2)nc1. The molecule has 68 heavy (non-hydrogen) atoms. The second kappa shape index (κ2) is 49.2. The third kappa shape index (κ3) is 28.6. The number of pyridine rings is 3. The molecule has 0 bridgehead atoms. The summed E-state index contributed by atoms with van der Waals surface area (Å²) in [4.78, 5) is 42.9. The molecule has 4 aromatic heterocycles. The third-order valence-corrected chi connectivity index (χ3v) is 6.77. The Bertz CT molecular complexity index is 1880. The van der Waals surface area contributed by atoms with Gasteiger partial charge in [0.05, 0.1) is 30.0 Å². The van der Waals surface area contributed by atoms with Crippen LogP contribution in [0.3, 0.4) is 0 Å². The summed E-state index contributed by atoms with van der Waals surface area (Å²) in [7, 11) is 3.07. The lowest BCUT2D eigenvalue weighted by molar-refractivity contribution is 0.253. The highest BCUT2D eigenvalue weighted by Crippen LogP contribution is 2.29. The maximum atomic E-state index is 11.2. The topological polar surface area (TPSA) is 217 Å². The molecule has 2 aromatic carbocycles. The largest absolute Gasteiger partial charge is 0.439 e. The van der Waals surface area contributed by atoms with Gasteiger partial charge in [-0.3, -0.25) is 0 Å². The Kier molecular flexibility index (Phi) is 52.3. The second-order valence-electron chi connectivity index (χ2n) is 10.2. The first-order chi connectivity index (χ1) is 32.3. The molecule has 0 aliphatic carbocycles. The average Bonchev–Trinajstić information content (AvgIpc) is 3.41. The molecule has 380 valence electrons. The molecule has 0 saturated carbocycles. The zero-order valence-corrected chi connectivity index (χ0v) is 43.0. The summed E-state index contributed by atoms with van der Waals surface area (Å²) in [5.41, 5.74) is 16.4. The lowest BCUT2D eigenvalue weighted by atomic mass is 10.1. The molecule has 0 aliphatic heterocycles. The van der Waals surface area contributed by atoms with Gasteiger partial charge in [-0.1, -0.05) is 150 Å². The first-order valence-corrected chi connectivity index (χ1v) is 23.0. The highest BCUT2D eigenvalue weighted by molar-refractivity contribution is 5.89. The van der Waals surface area contributed by atoms with E-state index in [-0.39, 0.29) is 32.9 Å². The smallest absolute Gasteiger partial charge is 0.322 e. The minimum atomic E-state index is -0.345. The van der Waals surface area contributed by atoms with Crippen LogP contribution in [0.5, 0.6) is 23.4 Å². The van der Waals surface area contributed by atoms with E-state index in [1.165, 1.54) is 25.6 Å². The van der Waals surface area contributed by atoms with Crippen molar-refractivity contribution in [3.8, 4) is 45.6 Å². The molecule has 0 saturated heterocycles. The maximum absolute atomic E-state index is 11.2. The standard InChI is InChI=1S/C18H17N5O2.C17H16N6O2.8C2H6.2CH4/c1-20-18(24)23-13-6-9-16(22-11-13)25-14-7-4-12(5-8-14)15-3-2-10-21-17(15)19;1-19-16(24)23-12-9-21-17(22-10-12)25-13-6-4-11(5-7-13)14-3-2-8-20-15(14)18;8*1-2;;/h2-11H,1H3,(H2,19,21)(H2,20,23,24);2-10H,1H3,(H2,18,20)(H2,19,23,24);8*1-2H3;2*1H4. The lowest BCUT2D eigenvalue weighted by Gasteiger charge is -2.08. The highest BCUT2D eigenvalue weighted by Gasteiger charge is 2.07. The zero-order chi connectivity index (χ0) is 51.3. The van der Waals surface area contributed by atoms with E-state index in [1.54, 1.807) is 43.7 Å². The second-order valence-corrected chi connectivity index (χ2v) is 10.2. The van der Waals surface area contributed by atoms with Gasteiger partial charge in [-0.2, -0.15) is 0 Å². The molecule has 0 spiro atoms. The molecular formula is C53H89N11O4. The summed E-state index contributed by atoms with van der Waals surface area (Å²) in [5, 5.41) is 10.1. The predicted octanol–water partition coefficient (Wildman–Crippen LogP) is 15.4. The first kappa shape index (κ1) is 72.3. The maximum Gasteiger partial charge on any atom is 0.322 e. The number of nitrogens with two attached hydrogens (primary N) is 2. The fraction of sp³-hybridized carbons (Fsp3) is 0.377. The molecule has 0 atom stereocenters. The number of carbonyl (C=O) groups excluding carboxylic acids is 2. The Morgan fingerprint density at radius 3 is 1.13 bits per heavy atom. The minimum absolute atomic E-state index is 0. The van der Waals surface area contributed by atoms with Crippen molar-refractivity contribution in [2.45, 2.75) is 126 Å². The van der Waals surface area contributed by atoms with Gasteiger partial charge in [-0.05, 0) is 65.7 Å². The van der Waals surface area contributed by atoms with Gasteiger partial charge >= 0.3 is 18.1 Å². The van der Waals surface area contributed by atoms with Crippen LogP contribution in [-0.2, 0) is 0 Å². The van der Waals surface area contributed by atoms with Crippen molar-refractivity contribution in [1.82, 2.24) is 35.6 Å². The predicted molar refractivity (Wildman–Crippen MR) is 295 cm³/mol. The molecule has 4 heterocycles. The number of benzene rings is 2. The number of hydrogen-bond acceptors (Lipinski definition) is 11. The van der Waals surface area contributed by atoms with Gasteiger partial charge in [0.25, 0.3) is 0 Å². The van der Waals surface area contributed by atoms with E-state index in [4.69, 9.17) is 20.9 Å². The van der Waals surface area contributed by atoms with E-state index in [0.29, 0.717) is 40.4 Å². The summed E-state index contributed by atoms with van der Waals surface area (Å²) in [6.45, 7) is 32.0. The van der Waals surface area contributed by atoms with Gasteiger partial charge in [-0.15, -0.1) is 0 Å². The molecule has 15 heteroatoms. The van der Waals surface area contributed by atoms with Crippen LogP contribution >= 0.6 is 0 Å². The van der Waals surface area contributed by atoms with Gasteiger partial charge in [0.2, 0.25) is 5.88 Å².